The first-order valence-corrected chi connectivity index (χ1v) is 5.51. The maximum atomic E-state index is 8.52. The van der Waals surface area contributed by atoms with E-state index in [0.717, 1.165) is 0 Å². The molecule has 0 rings (SSSR count). The minimum absolute atomic E-state index is 0. The van der Waals surface area contributed by atoms with Gasteiger partial charge in [0.05, 0.1) is 0 Å². The van der Waals surface area contributed by atoms with Crippen LogP contribution in [-0.4, -0.2) is 27.5 Å². The molecule has 0 heterocycles. The monoisotopic (exact) mass is 434 g/mol. The first-order valence-electron chi connectivity index (χ1n) is 1.84. The Balaban J connectivity index is -0.0000000270. The zero-order valence-electron chi connectivity index (χ0n) is 5.84. The smallest absolute Gasteiger partial charge is 0.672 e. The molecule has 0 aromatic heterocycles. The summed E-state index contributed by atoms with van der Waals surface area (Å²) in [7, 11) is -10.9. The summed E-state index contributed by atoms with van der Waals surface area (Å²) in [6.45, 7) is 0. The summed E-state index contributed by atoms with van der Waals surface area (Å²) in [4.78, 5) is 51.1. The average Bonchev–Trinajstić information content (AvgIpc) is 1.54. The van der Waals surface area contributed by atoms with Gasteiger partial charge in [0.2, 0.25) is 0 Å². The molecule has 0 unspecified atom stereocenters. The Morgan fingerprint density at radius 3 is 0.500 bits per heavy atom. The van der Waals surface area contributed by atoms with Gasteiger partial charge in [0.1, 0.15) is 0 Å². The van der Waals surface area contributed by atoms with Crippen molar-refractivity contribution in [1.29, 1.82) is 0 Å². The molecule has 0 amide bonds. The van der Waals surface area contributed by atoms with Gasteiger partial charge in [-0.3, -0.25) is 0 Å². The molecule has 0 aliphatic rings. The van der Waals surface area contributed by atoms with E-state index in [4.69, 9.17) is 42.2 Å². The van der Waals surface area contributed by atoms with Gasteiger partial charge < -0.3 is 42.2 Å². The molecule has 0 spiro atoms. The molecule has 0 aliphatic carbocycles. The second kappa shape index (κ2) is 23.2. The predicted octanol–water partition coefficient (Wildman–Crippen LogP) is -8.64. The second-order valence-corrected chi connectivity index (χ2v) is 2.25. The van der Waals surface area contributed by atoms with Crippen LogP contribution in [0.4, 0.5) is 0 Å². The predicted molar refractivity (Wildman–Crippen MR) is 19.3 cm³/mol. The maximum absolute atomic E-state index is 8.52. The van der Waals surface area contributed by atoms with E-state index in [1.165, 1.54) is 0 Å². The summed E-state index contributed by atoms with van der Waals surface area (Å²) in [5.41, 5.74) is 0. The number of hydrogen-bond acceptors (Lipinski definition) is 9. The van der Waals surface area contributed by atoms with Gasteiger partial charge in [-0.05, 0) is 0 Å². The van der Waals surface area contributed by atoms with Crippen molar-refractivity contribution in [1.82, 2.24) is 0 Å². The van der Waals surface area contributed by atoms with Crippen LogP contribution in [0, 0.1) is 0 Å². The quantitative estimate of drug-likeness (QED) is 0.333. The van der Waals surface area contributed by atoms with Crippen molar-refractivity contribution in [3.63, 3.8) is 0 Å². The Labute approximate surface area is 108 Å². The number of hydrogen-bond donors (Lipinski definition) is 0. The molecule has 84 valence electrons. The van der Waals surface area contributed by atoms with Crippen LogP contribution in [0.15, 0.2) is 0 Å². The van der Waals surface area contributed by atoms with Crippen LogP contribution in [0.1, 0.15) is 0 Å². The van der Waals surface area contributed by atoms with E-state index < -0.39 is 27.5 Å². The van der Waals surface area contributed by atoms with Gasteiger partial charge in [-0.25, -0.2) is 0 Å². The van der Waals surface area contributed by atoms with E-state index in [0.29, 0.717) is 0 Å². The molecule has 0 N–H and O–H groups in total. The van der Waals surface area contributed by atoms with E-state index in [9.17, 15) is 0 Å². The third-order valence-corrected chi connectivity index (χ3v) is 0. The number of rotatable bonds is 0. The molecule has 14 heteroatoms. The van der Waals surface area contributed by atoms with E-state index in [1.807, 2.05) is 0 Å². The van der Waals surface area contributed by atoms with Crippen molar-refractivity contribution in [2.45, 2.75) is 0 Å². The van der Waals surface area contributed by atoms with E-state index in [2.05, 4.69) is 0 Å². The summed E-state index contributed by atoms with van der Waals surface area (Å²) in [5, 5.41) is 0. The molecule has 14 heavy (non-hydrogen) atoms. The van der Waals surface area contributed by atoms with Crippen molar-refractivity contribution >= 4 is 27.5 Å². The Morgan fingerprint density at radius 1 is 0.500 bits per heavy atom. The largest absolute Gasteiger partial charge is 3.00 e. The van der Waals surface area contributed by atoms with Gasteiger partial charge in [0.25, 0.3) is 0 Å². The third-order valence-electron chi connectivity index (χ3n) is 0. The van der Waals surface area contributed by atoms with Crippen LogP contribution < -0.4 is 28.8 Å². The van der Waals surface area contributed by atoms with Gasteiger partial charge in [0, 0.05) is 27.5 Å². The van der Waals surface area contributed by atoms with Crippen molar-refractivity contribution in [3.8, 4) is 0 Å². The molecular weight excluding hydrogens is 434 g/mol. The topological polar surface area (TPSA) is 190 Å². The van der Waals surface area contributed by atoms with Gasteiger partial charge in [-0.15, -0.1) is 0 Å². The Kier molecular flexibility index (Phi) is 48.3. The fourth-order valence-electron chi connectivity index (χ4n) is 0. The van der Waals surface area contributed by atoms with Crippen molar-refractivity contribution in [2.24, 2.45) is 0 Å². The Bertz CT molecular complexity index is 116. The summed E-state index contributed by atoms with van der Waals surface area (Å²) < 4.78 is 25.6. The average molecular weight is 434 g/mol. The first-order chi connectivity index (χ1) is 5.20. The molecule has 0 aromatic carbocycles. The van der Waals surface area contributed by atoms with Crippen molar-refractivity contribution < 1.29 is 81.1 Å². The molecular formula is O9Rh2Si3. The van der Waals surface area contributed by atoms with Crippen molar-refractivity contribution in [3.05, 3.63) is 0 Å². The zero-order valence-corrected chi connectivity index (χ0v) is 12.1. The van der Waals surface area contributed by atoms with Gasteiger partial charge in [-0.2, -0.15) is 0 Å². The standard InChI is InChI=1S/3O3Si.2Rh/c3*1-4(2)3;;/q3*-2;2*+3. The molecule has 0 aliphatic heterocycles. The normalized spacial score (nSPS) is 5.14. The molecule has 0 atom stereocenters. The van der Waals surface area contributed by atoms with E-state index in [-0.39, 0.29) is 39.0 Å². The SMILES string of the molecule is O=[Si]([O-])[O-].O=[Si]([O-])[O-].O=[Si]([O-])[O-].[Rh+3].[Rh+3]. The summed E-state index contributed by atoms with van der Waals surface area (Å²) >= 11 is 0. The summed E-state index contributed by atoms with van der Waals surface area (Å²) in [5.74, 6) is 0. The molecule has 0 bridgehead atoms. The second-order valence-electron chi connectivity index (χ2n) is 0.750. The van der Waals surface area contributed by atoms with Gasteiger partial charge in [-0.1, -0.05) is 0 Å². The molecule has 0 fully saturated rings. The Morgan fingerprint density at radius 2 is 0.500 bits per heavy atom. The fraction of sp³-hybridized carbons (Fsp3) is 0. The molecule has 0 saturated carbocycles. The van der Waals surface area contributed by atoms with Crippen LogP contribution in [0.5, 0.6) is 0 Å². The third kappa shape index (κ3) is 157000. The van der Waals surface area contributed by atoms with E-state index >= 15 is 0 Å². The molecule has 9 nitrogen and oxygen atoms in total. The van der Waals surface area contributed by atoms with Crippen LogP contribution in [0.2, 0.25) is 0 Å². The Hall–Kier alpha value is 0.0974. The molecule has 0 aromatic rings. The molecule has 0 radical (unpaired) electrons. The van der Waals surface area contributed by atoms with Crippen LogP contribution in [0.3, 0.4) is 0 Å². The minimum Gasteiger partial charge on any atom is -0.672 e. The fourth-order valence-corrected chi connectivity index (χ4v) is 0. The van der Waals surface area contributed by atoms with Gasteiger partial charge in [0.15, 0.2) is 0 Å². The van der Waals surface area contributed by atoms with Crippen LogP contribution in [-0.2, 0) is 52.3 Å². The molecule has 0 saturated heterocycles. The van der Waals surface area contributed by atoms with Crippen LogP contribution in [0.25, 0.3) is 0 Å². The summed E-state index contributed by atoms with van der Waals surface area (Å²) in [6.07, 6.45) is 0. The van der Waals surface area contributed by atoms with E-state index in [1.54, 1.807) is 0 Å². The zero-order chi connectivity index (χ0) is 10.7. The van der Waals surface area contributed by atoms with Gasteiger partial charge >= 0.3 is 39.0 Å². The van der Waals surface area contributed by atoms with Crippen LogP contribution >= 0.6 is 0 Å². The van der Waals surface area contributed by atoms with Crippen molar-refractivity contribution in [2.75, 3.05) is 0 Å². The minimum atomic E-state index is -3.63. The maximum Gasteiger partial charge on any atom is 3.00 e. The first kappa shape index (κ1) is 29.2. The summed E-state index contributed by atoms with van der Waals surface area (Å²) in [6, 6.07) is 0.